The lowest BCUT2D eigenvalue weighted by atomic mass is 10.2. The van der Waals surface area contributed by atoms with Gasteiger partial charge in [-0.1, -0.05) is 6.07 Å². The number of para-hydroxylation sites is 1. The maximum absolute atomic E-state index is 13.9. The number of aliphatic imine (C=N–C) groups is 1. The van der Waals surface area contributed by atoms with Crippen molar-refractivity contribution < 1.29 is 13.5 Å². The average Bonchev–Trinajstić information content (AvgIpc) is 3.01. The van der Waals surface area contributed by atoms with Gasteiger partial charge in [0.05, 0.1) is 0 Å². The van der Waals surface area contributed by atoms with Gasteiger partial charge in [-0.05, 0) is 31.9 Å². The Labute approximate surface area is 165 Å². The first kappa shape index (κ1) is 21.9. The van der Waals surface area contributed by atoms with Gasteiger partial charge in [0.25, 0.3) is 0 Å². The quantitative estimate of drug-likeness (QED) is 0.280. The van der Waals surface area contributed by atoms with Crippen molar-refractivity contribution in [2.45, 2.75) is 25.8 Å². The fourth-order valence-electron chi connectivity index (χ4n) is 2.79. The van der Waals surface area contributed by atoms with E-state index < -0.39 is 11.6 Å². The molecule has 0 aliphatic carbocycles. The Morgan fingerprint density at radius 1 is 1.36 bits per heavy atom. The molecular formula is C17H27F2IN4O. The van der Waals surface area contributed by atoms with Crippen molar-refractivity contribution in [3.8, 4) is 0 Å². The molecule has 1 heterocycles. The summed E-state index contributed by atoms with van der Waals surface area (Å²) >= 11 is 0. The van der Waals surface area contributed by atoms with E-state index in [1.54, 1.807) is 11.9 Å². The molecular weight excluding hydrogens is 441 g/mol. The van der Waals surface area contributed by atoms with Gasteiger partial charge in [-0.3, -0.25) is 4.99 Å². The molecule has 142 valence electrons. The van der Waals surface area contributed by atoms with Gasteiger partial charge in [-0.2, -0.15) is 0 Å². The number of guanidine groups is 1. The molecule has 2 N–H and O–H groups in total. The summed E-state index contributed by atoms with van der Waals surface area (Å²) in [5.74, 6) is -0.337. The minimum Gasteiger partial charge on any atom is -0.382 e. The van der Waals surface area contributed by atoms with Crippen LogP contribution in [-0.2, 0) is 4.74 Å². The lowest BCUT2D eigenvalue weighted by molar-refractivity contribution is 0.145. The van der Waals surface area contributed by atoms with Crippen LogP contribution in [0.2, 0.25) is 0 Å². The van der Waals surface area contributed by atoms with Gasteiger partial charge in [0.15, 0.2) is 5.96 Å². The number of halogens is 3. The van der Waals surface area contributed by atoms with Crippen molar-refractivity contribution in [2.75, 3.05) is 44.8 Å². The molecule has 0 radical (unpaired) electrons. The van der Waals surface area contributed by atoms with E-state index in [2.05, 4.69) is 15.6 Å². The van der Waals surface area contributed by atoms with E-state index in [1.165, 1.54) is 18.2 Å². The average molecular weight is 468 g/mol. The fraction of sp³-hybridized carbons (Fsp3) is 0.588. The van der Waals surface area contributed by atoms with E-state index in [1.807, 2.05) is 6.92 Å². The van der Waals surface area contributed by atoms with Gasteiger partial charge >= 0.3 is 0 Å². The molecule has 0 spiro atoms. The Morgan fingerprint density at radius 2 is 2.08 bits per heavy atom. The molecule has 5 nitrogen and oxygen atoms in total. The molecule has 1 aliphatic rings. The van der Waals surface area contributed by atoms with Crippen LogP contribution in [0.5, 0.6) is 0 Å². The summed E-state index contributed by atoms with van der Waals surface area (Å²) < 4.78 is 33.0. The lowest BCUT2D eigenvalue weighted by Gasteiger charge is -2.21. The number of ether oxygens (including phenoxy) is 1. The second kappa shape index (κ2) is 11.5. The second-order valence-corrected chi connectivity index (χ2v) is 5.70. The molecule has 0 amide bonds. The predicted molar refractivity (Wildman–Crippen MR) is 108 cm³/mol. The van der Waals surface area contributed by atoms with Gasteiger partial charge in [-0.15, -0.1) is 24.0 Å². The van der Waals surface area contributed by atoms with Gasteiger partial charge in [0.2, 0.25) is 0 Å². The molecule has 1 aromatic carbocycles. The van der Waals surface area contributed by atoms with E-state index in [0.29, 0.717) is 25.7 Å². The van der Waals surface area contributed by atoms with Gasteiger partial charge in [-0.25, -0.2) is 8.78 Å². The lowest BCUT2D eigenvalue weighted by Crippen LogP contribution is -2.45. The van der Waals surface area contributed by atoms with Crippen LogP contribution in [0.3, 0.4) is 0 Å². The number of anilines is 1. The standard InChI is InChI=1S/C17H26F2N4O.HI/c1-3-24-11-5-9-21-17(20-2)22-13-8-10-23(12-13)16-14(18)6-4-7-15(16)19;/h4,6-7,13H,3,5,8-12H2,1-2H3,(H2,20,21,22);1H. The molecule has 1 unspecified atom stereocenters. The molecule has 1 fully saturated rings. The summed E-state index contributed by atoms with van der Waals surface area (Å²) in [5.41, 5.74) is 0.0569. The van der Waals surface area contributed by atoms with Crippen molar-refractivity contribution in [2.24, 2.45) is 4.99 Å². The zero-order chi connectivity index (χ0) is 17.4. The molecule has 0 aromatic heterocycles. The zero-order valence-electron chi connectivity index (χ0n) is 14.7. The predicted octanol–water partition coefficient (Wildman–Crippen LogP) is 2.75. The van der Waals surface area contributed by atoms with E-state index in [-0.39, 0.29) is 35.7 Å². The highest BCUT2D eigenvalue weighted by Crippen LogP contribution is 2.26. The van der Waals surface area contributed by atoms with Crippen LogP contribution in [0.4, 0.5) is 14.5 Å². The SMILES string of the molecule is CCOCCCNC(=NC)NC1CCN(c2c(F)cccc2F)C1.I. The summed E-state index contributed by atoms with van der Waals surface area (Å²) in [6, 6.07) is 4.06. The van der Waals surface area contributed by atoms with Crippen LogP contribution in [0.15, 0.2) is 23.2 Å². The molecule has 2 rings (SSSR count). The third kappa shape index (κ3) is 6.58. The Bertz CT molecular complexity index is 539. The number of benzene rings is 1. The van der Waals surface area contributed by atoms with Crippen molar-refractivity contribution in [1.29, 1.82) is 0 Å². The van der Waals surface area contributed by atoms with E-state index in [9.17, 15) is 8.78 Å². The third-order valence-corrected chi connectivity index (χ3v) is 3.97. The number of rotatable bonds is 7. The number of hydrogen-bond acceptors (Lipinski definition) is 3. The van der Waals surface area contributed by atoms with Crippen LogP contribution >= 0.6 is 24.0 Å². The molecule has 1 aromatic rings. The molecule has 25 heavy (non-hydrogen) atoms. The number of hydrogen-bond donors (Lipinski definition) is 2. The van der Waals surface area contributed by atoms with Crippen LogP contribution < -0.4 is 15.5 Å². The minimum absolute atomic E-state index is 0. The van der Waals surface area contributed by atoms with Gasteiger partial charge in [0, 0.05) is 45.9 Å². The highest BCUT2D eigenvalue weighted by atomic mass is 127. The molecule has 1 saturated heterocycles. The van der Waals surface area contributed by atoms with Crippen molar-refractivity contribution in [1.82, 2.24) is 10.6 Å². The molecule has 0 saturated carbocycles. The Morgan fingerprint density at radius 3 is 2.72 bits per heavy atom. The van der Waals surface area contributed by atoms with Crippen LogP contribution in [0, 0.1) is 11.6 Å². The van der Waals surface area contributed by atoms with Crippen molar-refractivity contribution in [3.63, 3.8) is 0 Å². The number of nitrogens with one attached hydrogen (secondary N) is 2. The first-order chi connectivity index (χ1) is 11.7. The third-order valence-electron chi connectivity index (χ3n) is 3.97. The second-order valence-electron chi connectivity index (χ2n) is 5.70. The maximum atomic E-state index is 13.9. The normalized spacial score (nSPS) is 17.4. The van der Waals surface area contributed by atoms with Crippen LogP contribution in [-0.4, -0.2) is 51.9 Å². The topological polar surface area (TPSA) is 48.9 Å². The first-order valence-electron chi connectivity index (χ1n) is 8.39. The summed E-state index contributed by atoms with van der Waals surface area (Å²) in [6.07, 6.45) is 1.69. The molecule has 1 aliphatic heterocycles. The summed E-state index contributed by atoms with van der Waals surface area (Å²) in [6.45, 7) is 5.31. The summed E-state index contributed by atoms with van der Waals surface area (Å²) in [4.78, 5) is 5.93. The maximum Gasteiger partial charge on any atom is 0.191 e. The molecule has 1 atom stereocenters. The number of nitrogens with zero attached hydrogens (tertiary/aromatic N) is 2. The van der Waals surface area contributed by atoms with Gasteiger partial charge < -0.3 is 20.3 Å². The Balaban J connectivity index is 0.00000312. The van der Waals surface area contributed by atoms with Crippen molar-refractivity contribution >= 4 is 35.6 Å². The first-order valence-corrected chi connectivity index (χ1v) is 8.39. The minimum atomic E-state index is -0.519. The van der Waals surface area contributed by atoms with Crippen molar-refractivity contribution in [3.05, 3.63) is 29.8 Å². The largest absolute Gasteiger partial charge is 0.382 e. The van der Waals surface area contributed by atoms with E-state index in [4.69, 9.17) is 4.74 Å². The zero-order valence-corrected chi connectivity index (χ0v) is 17.1. The smallest absolute Gasteiger partial charge is 0.191 e. The summed E-state index contributed by atoms with van der Waals surface area (Å²) in [7, 11) is 1.71. The van der Waals surface area contributed by atoms with E-state index >= 15 is 0 Å². The molecule has 0 bridgehead atoms. The van der Waals surface area contributed by atoms with Gasteiger partial charge in [0.1, 0.15) is 17.3 Å². The summed E-state index contributed by atoms with van der Waals surface area (Å²) in [5, 5.41) is 6.53. The fourth-order valence-corrected chi connectivity index (χ4v) is 2.79. The molecule has 8 heteroatoms. The highest BCUT2D eigenvalue weighted by molar-refractivity contribution is 14.0. The monoisotopic (exact) mass is 468 g/mol. The van der Waals surface area contributed by atoms with Crippen LogP contribution in [0.25, 0.3) is 0 Å². The van der Waals surface area contributed by atoms with Crippen LogP contribution in [0.1, 0.15) is 19.8 Å². The Hall–Kier alpha value is -1.16. The Kier molecular flexibility index (Phi) is 10.0. The van der Waals surface area contributed by atoms with E-state index in [0.717, 1.165) is 26.0 Å². The highest BCUT2D eigenvalue weighted by Gasteiger charge is 2.27.